The molecule has 2 heterocycles. The quantitative estimate of drug-likeness (QED) is 0.554. The minimum absolute atomic E-state index is 0.790. The molecule has 3 aromatic rings. The Kier molecular flexibility index (Phi) is 2.97. The molecule has 0 aliphatic carbocycles. The standard InChI is InChI=1S/C19H15N3/c1-13-9-10-16-15(12-13)18(14-6-3-2-4-7-14)21-17-8-5-11-20-19(17)22-16/h2-12H,1H3,(H,20,22). The molecule has 1 aliphatic heterocycles. The van der Waals surface area contributed by atoms with E-state index in [4.69, 9.17) is 4.99 Å². The molecule has 0 saturated heterocycles. The predicted octanol–water partition coefficient (Wildman–Crippen LogP) is 4.62. The third-order valence-corrected chi connectivity index (χ3v) is 3.75. The van der Waals surface area contributed by atoms with Gasteiger partial charge in [0, 0.05) is 23.0 Å². The van der Waals surface area contributed by atoms with Gasteiger partial charge < -0.3 is 5.32 Å². The molecule has 1 N–H and O–H groups in total. The number of aryl methyl sites for hydroxylation is 1. The van der Waals surface area contributed by atoms with Gasteiger partial charge in [-0.1, -0.05) is 42.0 Å². The Labute approximate surface area is 129 Å². The lowest BCUT2D eigenvalue weighted by Crippen LogP contribution is -2.05. The van der Waals surface area contributed by atoms with E-state index in [1.54, 1.807) is 6.20 Å². The molecule has 0 amide bonds. The van der Waals surface area contributed by atoms with E-state index in [1.807, 2.05) is 30.3 Å². The van der Waals surface area contributed by atoms with E-state index < -0.39 is 0 Å². The van der Waals surface area contributed by atoms with Gasteiger partial charge in [0.2, 0.25) is 0 Å². The second-order valence-corrected chi connectivity index (χ2v) is 5.37. The first kappa shape index (κ1) is 12.8. The van der Waals surface area contributed by atoms with Gasteiger partial charge in [-0.25, -0.2) is 9.98 Å². The Bertz CT molecular complexity index is 867. The van der Waals surface area contributed by atoms with Gasteiger partial charge in [0.15, 0.2) is 5.82 Å². The summed E-state index contributed by atoms with van der Waals surface area (Å²) in [5.74, 6) is 0.790. The monoisotopic (exact) mass is 285 g/mol. The lowest BCUT2D eigenvalue weighted by atomic mass is 9.99. The number of benzene rings is 2. The van der Waals surface area contributed by atoms with E-state index >= 15 is 0 Å². The van der Waals surface area contributed by atoms with Crippen LogP contribution >= 0.6 is 0 Å². The molecule has 1 aliphatic rings. The van der Waals surface area contributed by atoms with Crippen LogP contribution < -0.4 is 5.32 Å². The van der Waals surface area contributed by atoms with Crippen molar-refractivity contribution in [1.82, 2.24) is 4.98 Å². The Morgan fingerprint density at radius 1 is 0.909 bits per heavy atom. The normalized spacial score (nSPS) is 12.5. The summed E-state index contributed by atoms with van der Waals surface area (Å²) in [6, 6.07) is 20.5. The maximum atomic E-state index is 4.88. The van der Waals surface area contributed by atoms with Gasteiger partial charge in [-0.15, -0.1) is 0 Å². The molecule has 4 rings (SSSR count). The zero-order valence-electron chi connectivity index (χ0n) is 12.2. The fourth-order valence-corrected chi connectivity index (χ4v) is 2.67. The summed E-state index contributed by atoms with van der Waals surface area (Å²) in [6.07, 6.45) is 1.78. The van der Waals surface area contributed by atoms with Crippen molar-refractivity contribution in [3.05, 3.63) is 83.6 Å². The number of hydrogen-bond donors (Lipinski definition) is 1. The summed E-state index contributed by atoms with van der Waals surface area (Å²) in [6.45, 7) is 2.10. The number of nitrogens with zero attached hydrogens (tertiary/aromatic N) is 2. The smallest absolute Gasteiger partial charge is 0.156 e. The Morgan fingerprint density at radius 2 is 1.77 bits per heavy atom. The largest absolute Gasteiger partial charge is 0.338 e. The lowest BCUT2D eigenvalue weighted by Gasteiger charge is -2.11. The number of rotatable bonds is 1. The molecular formula is C19H15N3. The minimum Gasteiger partial charge on any atom is -0.338 e. The van der Waals surface area contributed by atoms with Crippen LogP contribution in [0, 0.1) is 6.92 Å². The molecule has 3 nitrogen and oxygen atoms in total. The first-order valence-corrected chi connectivity index (χ1v) is 7.28. The molecule has 0 saturated carbocycles. The second kappa shape index (κ2) is 5.11. The van der Waals surface area contributed by atoms with Crippen molar-refractivity contribution in [2.24, 2.45) is 4.99 Å². The van der Waals surface area contributed by atoms with Gasteiger partial charge in [-0.2, -0.15) is 0 Å². The van der Waals surface area contributed by atoms with Gasteiger partial charge in [0.25, 0.3) is 0 Å². The van der Waals surface area contributed by atoms with Crippen LogP contribution in [-0.4, -0.2) is 10.7 Å². The van der Waals surface area contributed by atoms with Crippen LogP contribution in [0.4, 0.5) is 17.2 Å². The summed E-state index contributed by atoms with van der Waals surface area (Å²) in [4.78, 5) is 9.29. The first-order chi connectivity index (χ1) is 10.8. The fourth-order valence-electron chi connectivity index (χ4n) is 2.67. The van der Waals surface area contributed by atoms with Crippen molar-refractivity contribution in [3.8, 4) is 0 Å². The van der Waals surface area contributed by atoms with Gasteiger partial charge >= 0.3 is 0 Å². The zero-order chi connectivity index (χ0) is 14.9. The van der Waals surface area contributed by atoms with Gasteiger partial charge in [-0.05, 0) is 31.2 Å². The predicted molar refractivity (Wildman–Crippen MR) is 90.4 cm³/mol. The summed E-state index contributed by atoms with van der Waals surface area (Å²) in [7, 11) is 0. The highest BCUT2D eigenvalue weighted by Gasteiger charge is 2.18. The van der Waals surface area contributed by atoms with Crippen LogP contribution in [0.15, 0.2) is 71.9 Å². The average molecular weight is 285 g/mol. The van der Waals surface area contributed by atoms with Crippen LogP contribution in [0.5, 0.6) is 0 Å². The van der Waals surface area contributed by atoms with E-state index in [-0.39, 0.29) is 0 Å². The van der Waals surface area contributed by atoms with E-state index in [0.29, 0.717) is 0 Å². The van der Waals surface area contributed by atoms with Crippen LogP contribution in [0.3, 0.4) is 0 Å². The highest BCUT2D eigenvalue weighted by atomic mass is 15.0. The number of aliphatic imine (C=N–C) groups is 1. The van der Waals surface area contributed by atoms with Crippen LogP contribution in [0.1, 0.15) is 16.7 Å². The molecule has 0 atom stereocenters. The van der Waals surface area contributed by atoms with Crippen LogP contribution in [0.25, 0.3) is 0 Å². The maximum absolute atomic E-state index is 4.88. The Balaban J connectivity index is 2.01. The highest BCUT2D eigenvalue weighted by Crippen LogP contribution is 2.34. The molecule has 0 spiro atoms. The Morgan fingerprint density at radius 3 is 2.64 bits per heavy atom. The van der Waals surface area contributed by atoms with Gasteiger partial charge in [0.05, 0.1) is 5.71 Å². The Hall–Kier alpha value is -2.94. The summed E-state index contributed by atoms with van der Waals surface area (Å²) in [5, 5.41) is 3.40. The van der Waals surface area contributed by atoms with Gasteiger partial charge in [-0.3, -0.25) is 0 Å². The molecule has 2 aromatic carbocycles. The van der Waals surface area contributed by atoms with E-state index in [2.05, 4.69) is 47.6 Å². The number of anilines is 2. The third-order valence-electron chi connectivity index (χ3n) is 3.75. The van der Waals surface area contributed by atoms with Crippen molar-refractivity contribution in [2.45, 2.75) is 6.92 Å². The molecule has 0 radical (unpaired) electrons. The number of fused-ring (bicyclic) bond motifs is 2. The molecule has 106 valence electrons. The molecule has 1 aromatic heterocycles. The second-order valence-electron chi connectivity index (χ2n) is 5.37. The maximum Gasteiger partial charge on any atom is 0.156 e. The van der Waals surface area contributed by atoms with Crippen molar-refractivity contribution in [2.75, 3.05) is 5.32 Å². The number of aromatic nitrogens is 1. The minimum atomic E-state index is 0.790. The van der Waals surface area contributed by atoms with E-state index in [1.165, 1.54) is 5.56 Å². The van der Waals surface area contributed by atoms with Crippen molar-refractivity contribution in [3.63, 3.8) is 0 Å². The van der Waals surface area contributed by atoms with Crippen molar-refractivity contribution >= 4 is 22.9 Å². The SMILES string of the molecule is Cc1ccc2c(c1)C(c1ccccc1)=Nc1cccnc1N2. The summed E-state index contributed by atoms with van der Waals surface area (Å²) < 4.78 is 0. The lowest BCUT2D eigenvalue weighted by molar-refractivity contribution is 1.30. The highest BCUT2D eigenvalue weighted by molar-refractivity contribution is 6.18. The van der Waals surface area contributed by atoms with Crippen LogP contribution in [-0.2, 0) is 0 Å². The summed E-state index contributed by atoms with van der Waals surface area (Å²) >= 11 is 0. The molecule has 22 heavy (non-hydrogen) atoms. The third kappa shape index (κ3) is 2.17. The first-order valence-electron chi connectivity index (χ1n) is 7.28. The number of pyridine rings is 1. The number of hydrogen-bond acceptors (Lipinski definition) is 3. The zero-order valence-corrected chi connectivity index (χ0v) is 12.2. The number of nitrogens with one attached hydrogen (secondary N) is 1. The summed E-state index contributed by atoms with van der Waals surface area (Å²) in [5.41, 5.74) is 6.28. The molecular weight excluding hydrogens is 270 g/mol. The molecule has 3 heteroatoms. The molecule has 0 bridgehead atoms. The fraction of sp³-hybridized carbons (Fsp3) is 0.0526. The molecule has 0 unspecified atom stereocenters. The molecule has 0 fully saturated rings. The average Bonchev–Trinajstić information content (AvgIpc) is 2.72. The topological polar surface area (TPSA) is 37.3 Å². The van der Waals surface area contributed by atoms with E-state index in [9.17, 15) is 0 Å². The van der Waals surface area contributed by atoms with Crippen molar-refractivity contribution in [1.29, 1.82) is 0 Å². The van der Waals surface area contributed by atoms with Crippen LogP contribution in [0.2, 0.25) is 0 Å². The van der Waals surface area contributed by atoms with Gasteiger partial charge in [0.1, 0.15) is 5.69 Å². The van der Waals surface area contributed by atoms with E-state index in [0.717, 1.165) is 34.0 Å². The van der Waals surface area contributed by atoms with Crippen molar-refractivity contribution < 1.29 is 0 Å².